The molecule has 140 valence electrons. The fourth-order valence-corrected chi connectivity index (χ4v) is 3.66. The van der Waals surface area contributed by atoms with Crippen LogP contribution in [-0.4, -0.2) is 41.6 Å². The van der Waals surface area contributed by atoms with Crippen molar-refractivity contribution in [3.05, 3.63) is 40.4 Å². The number of aromatic nitrogens is 1. The third-order valence-corrected chi connectivity index (χ3v) is 5.07. The number of aryl methyl sites for hydroxylation is 1. The summed E-state index contributed by atoms with van der Waals surface area (Å²) in [6, 6.07) is 4.46. The number of carbonyl (C=O) groups excluding carboxylic acids is 1. The number of hydrogen-bond acceptors (Lipinski definition) is 4. The zero-order valence-corrected chi connectivity index (χ0v) is 15.8. The maximum absolute atomic E-state index is 14.3. The standard InChI is InChI=1S/C19H23ClFN3O2/c1-3-9-24-10-7-13(8-11-24)22-19(25)16-12(2)26-23-18(16)17-14(20)5-4-6-15(17)21/h4-6,13H,3,7-11H2,1-2H3,(H,22,25). The number of nitrogens with zero attached hydrogens (tertiary/aromatic N) is 2. The molecule has 5 nitrogen and oxygen atoms in total. The molecule has 26 heavy (non-hydrogen) atoms. The highest BCUT2D eigenvalue weighted by molar-refractivity contribution is 6.33. The molecule has 1 N–H and O–H groups in total. The SMILES string of the molecule is CCCN1CCC(NC(=O)c2c(-c3c(F)cccc3Cl)noc2C)CC1. The van der Waals surface area contributed by atoms with Crippen molar-refractivity contribution in [2.24, 2.45) is 0 Å². The Kier molecular flexibility index (Phi) is 5.94. The lowest BCUT2D eigenvalue weighted by atomic mass is 10.0. The van der Waals surface area contributed by atoms with Gasteiger partial charge in [0.15, 0.2) is 0 Å². The molecule has 7 heteroatoms. The van der Waals surface area contributed by atoms with Gasteiger partial charge in [-0.05, 0) is 44.9 Å². The van der Waals surface area contributed by atoms with E-state index in [9.17, 15) is 9.18 Å². The Bertz CT molecular complexity index is 765. The van der Waals surface area contributed by atoms with E-state index < -0.39 is 5.82 Å². The Morgan fingerprint density at radius 1 is 1.42 bits per heavy atom. The number of hydrogen-bond donors (Lipinski definition) is 1. The summed E-state index contributed by atoms with van der Waals surface area (Å²) >= 11 is 6.13. The van der Waals surface area contributed by atoms with E-state index in [1.54, 1.807) is 13.0 Å². The molecule has 1 saturated heterocycles. The van der Waals surface area contributed by atoms with Gasteiger partial charge >= 0.3 is 0 Å². The van der Waals surface area contributed by atoms with Crippen LogP contribution in [-0.2, 0) is 0 Å². The molecule has 1 aliphatic heterocycles. The Morgan fingerprint density at radius 2 is 2.15 bits per heavy atom. The van der Waals surface area contributed by atoms with Crippen LogP contribution >= 0.6 is 11.6 Å². The van der Waals surface area contributed by atoms with Crippen LogP contribution in [0.15, 0.2) is 22.7 Å². The van der Waals surface area contributed by atoms with Crippen LogP contribution in [0.1, 0.15) is 42.3 Å². The molecule has 0 radical (unpaired) electrons. The summed E-state index contributed by atoms with van der Waals surface area (Å²) in [7, 11) is 0. The van der Waals surface area contributed by atoms with Gasteiger partial charge in [-0.15, -0.1) is 0 Å². The summed E-state index contributed by atoms with van der Waals surface area (Å²) in [5.74, 6) is -0.486. The smallest absolute Gasteiger partial charge is 0.257 e. The minimum Gasteiger partial charge on any atom is -0.360 e. The first-order valence-electron chi connectivity index (χ1n) is 8.95. The number of rotatable bonds is 5. The van der Waals surface area contributed by atoms with Crippen molar-refractivity contribution in [2.75, 3.05) is 19.6 Å². The molecule has 1 fully saturated rings. The van der Waals surface area contributed by atoms with Crippen LogP contribution in [0, 0.1) is 12.7 Å². The van der Waals surface area contributed by atoms with Crippen molar-refractivity contribution in [3.8, 4) is 11.3 Å². The van der Waals surface area contributed by atoms with Crippen LogP contribution in [0.25, 0.3) is 11.3 Å². The number of carbonyl (C=O) groups is 1. The number of halogens is 2. The van der Waals surface area contributed by atoms with Gasteiger partial charge in [0.05, 0.1) is 10.6 Å². The van der Waals surface area contributed by atoms with Gasteiger partial charge in [0.25, 0.3) is 5.91 Å². The maximum atomic E-state index is 14.3. The zero-order valence-electron chi connectivity index (χ0n) is 15.0. The van der Waals surface area contributed by atoms with Crippen LogP contribution in [0.5, 0.6) is 0 Å². The van der Waals surface area contributed by atoms with E-state index in [0.717, 1.165) is 38.9 Å². The van der Waals surface area contributed by atoms with Gasteiger partial charge in [0.1, 0.15) is 22.8 Å². The third kappa shape index (κ3) is 3.91. The first-order valence-corrected chi connectivity index (χ1v) is 9.33. The minimum atomic E-state index is -0.535. The lowest BCUT2D eigenvalue weighted by Gasteiger charge is -2.32. The molecule has 0 bridgehead atoms. The third-order valence-electron chi connectivity index (χ3n) is 4.75. The summed E-state index contributed by atoms with van der Waals surface area (Å²) in [6.07, 6.45) is 2.92. The molecular weight excluding hydrogens is 357 g/mol. The van der Waals surface area contributed by atoms with Crippen molar-refractivity contribution in [3.63, 3.8) is 0 Å². The van der Waals surface area contributed by atoms with Gasteiger partial charge in [-0.2, -0.15) is 0 Å². The Balaban J connectivity index is 1.78. The van der Waals surface area contributed by atoms with Crippen molar-refractivity contribution in [2.45, 2.75) is 39.2 Å². The zero-order chi connectivity index (χ0) is 18.7. The predicted molar refractivity (Wildman–Crippen MR) is 98.9 cm³/mol. The Morgan fingerprint density at radius 3 is 2.81 bits per heavy atom. The summed E-state index contributed by atoms with van der Waals surface area (Å²) < 4.78 is 19.4. The van der Waals surface area contributed by atoms with E-state index in [-0.39, 0.29) is 33.8 Å². The highest BCUT2D eigenvalue weighted by Gasteiger charge is 2.28. The van der Waals surface area contributed by atoms with Gasteiger partial charge in [-0.1, -0.05) is 29.7 Å². The molecule has 2 heterocycles. The first-order chi connectivity index (χ1) is 12.5. The lowest BCUT2D eigenvalue weighted by Crippen LogP contribution is -2.44. The summed E-state index contributed by atoms with van der Waals surface area (Å²) in [5.41, 5.74) is 0.480. The average molecular weight is 380 g/mol. The average Bonchev–Trinajstić information content (AvgIpc) is 2.98. The van der Waals surface area contributed by atoms with Gasteiger partial charge in [-0.3, -0.25) is 4.79 Å². The molecule has 3 rings (SSSR count). The Labute approximate surface area is 157 Å². The second kappa shape index (κ2) is 8.18. The first kappa shape index (κ1) is 18.9. The predicted octanol–water partition coefficient (Wildman–Crippen LogP) is 4.05. The van der Waals surface area contributed by atoms with E-state index in [4.69, 9.17) is 16.1 Å². The van der Waals surface area contributed by atoms with Crippen molar-refractivity contribution in [1.82, 2.24) is 15.4 Å². The van der Waals surface area contributed by atoms with E-state index in [2.05, 4.69) is 22.3 Å². The van der Waals surface area contributed by atoms with Crippen molar-refractivity contribution >= 4 is 17.5 Å². The number of nitrogens with one attached hydrogen (secondary N) is 1. The Hall–Kier alpha value is -1.92. The molecule has 1 aliphatic rings. The molecule has 0 aliphatic carbocycles. The van der Waals surface area contributed by atoms with E-state index in [1.807, 2.05) is 0 Å². The van der Waals surface area contributed by atoms with Gasteiger partial charge in [-0.25, -0.2) is 4.39 Å². The van der Waals surface area contributed by atoms with Crippen molar-refractivity contribution in [1.29, 1.82) is 0 Å². The molecule has 0 saturated carbocycles. The number of piperidine rings is 1. The molecule has 2 aromatic rings. The fraction of sp³-hybridized carbons (Fsp3) is 0.474. The molecule has 0 atom stereocenters. The van der Waals surface area contributed by atoms with E-state index >= 15 is 0 Å². The molecule has 1 aromatic carbocycles. The number of likely N-dealkylation sites (tertiary alicyclic amines) is 1. The molecule has 0 spiro atoms. The summed E-state index contributed by atoms with van der Waals surface area (Å²) in [4.78, 5) is 15.2. The second-order valence-electron chi connectivity index (χ2n) is 6.65. The summed E-state index contributed by atoms with van der Waals surface area (Å²) in [5, 5.41) is 7.13. The van der Waals surface area contributed by atoms with Gasteiger partial charge < -0.3 is 14.7 Å². The highest BCUT2D eigenvalue weighted by Crippen LogP contribution is 2.33. The summed E-state index contributed by atoms with van der Waals surface area (Å²) in [6.45, 7) is 6.82. The normalized spacial score (nSPS) is 16.0. The van der Waals surface area contributed by atoms with E-state index in [1.165, 1.54) is 12.1 Å². The molecule has 0 unspecified atom stereocenters. The lowest BCUT2D eigenvalue weighted by molar-refractivity contribution is 0.0910. The number of amides is 1. The molecule has 1 aromatic heterocycles. The minimum absolute atomic E-state index is 0.0915. The van der Waals surface area contributed by atoms with Crippen LogP contribution in [0.4, 0.5) is 4.39 Å². The largest absolute Gasteiger partial charge is 0.360 e. The molecule has 1 amide bonds. The highest BCUT2D eigenvalue weighted by atomic mass is 35.5. The number of benzene rings is 1. The van der Waals surface area contributed by atoms with Gasteiger partial charge in [0.2, 0.25) is 0 Å². The van der Waals surface area contributed by atoms with Crippen molar-refractivity contribution < 1.29 is 13.7 Å². The van der Waals surface area contributed by atoms with Crippen LogP contribution in [0.2, 0.25) is 5.02 Å². The fourth-order valence-electron chi connectivity index (χ4n) is 3.41. The monoisotopic (exact) mass is 379 g/mol. The quantitative estimate of drug-likeness (QED) is 0.851. The van der Waals surface area contributed by atoms with Crippen LogP contribution < -0.4 is 5.32 Å². The molecular formula is C19H23ClFN3O2. The van der Waals surface area contributed by atoms with Crippen LogP contribution in [0.3, 0.4) is 0 Å². The van der Waals surface area contributed by atoms with Gasteiger partial charge in [0, 0.05) is 19.1 Å². The maximum Gasteiger partial charge on any atom is 0.257 e. The van der Waals surface area contributed by atoms with E-state index in [0.29, 0.717) is 5.76 Å². The second-order valence-corrected chi connectivity index (χ2v) is 7.06. The topological polar surface area (TPSA) is 58.4 Å².